The van der Waals surface area contributed by atoms with Crippen LogP contribution in [0.5, 0.6) is 17.2 Å². The summed E-state index contributed by atoms with van der Waals surface area (Å²) in [5.74, 6) is -0.955. The van der Waals surface area contributed by atoms with Crippen molar-refractivity contribution in [2.75, 3.05) is 6.54 Å². The van der Waals surface area contributed by atoms with E-state index in [1.807, 2.05) is 0 Å². The van der Waals surface area contributed by atoms with Gasteiger partial charge in [-0.25, -0.2) is 4.39 Å². The Morgan fingerprint density at radius 2 is 1.79 bits per heavy atom. The lowest BCUT2D eigenvalue weighted by atomic mass is 10.0. The normalized spacial score (nSPS) is 12.3. The highest BCUT2D eigenvalue weighted by molar-refractivity contribution is 6.32. The van der Waals surface area contributed by atoms with Gasteiger partial charge in [0.05, 0.1) is 5.02 Å². The minimum absolute atomic E-state index is 0.0912. The van der Waals surface area contributed by atoms with Gasteiger partial charge in [0.1, 0.15) is 29.6 Å². The van der Waals surface area contributed by atoms with Gasteiger partial charge in [-0.05, 0) is 66.8 Å². The molecule has 0 aromatic heterocycles. The fourth-order valence-corrected chi connectivity index (χ4v) is 4.25. The fraction of sp³-hybridized carbons (Fsp3) is 0.200. The largest absolute Gasteiger partial charge is 0.508 e. The number of phenolic OH excluding ortho intramolecular Hbond substituents is 1. The molecule has 0 heterocycles. The van der Waals surface area contributed by atoms with Crippen LogP contribution in [0.2, 0.25) is 5.02 Å². The topological polar surface area (TPSA) is 95.9 Å². The molecule has 0 unspecified atom stereocenters. The summed E-state index contributed by atoms with van der Waals surface area (Å²) in [4.78, 5) is 23.3. The third-order valence-electron chi connectivity index (χ3n) is 5.53. The number of aromatic hydroxyl groups is 1. The van der Waals surface area contributed by atoms with Gasteiger partial charge in [0.2, 0.25) is 0 Å². The van der Waals surface area contributed by atoms with E-state index in [1.54, 1.807) is 24.3 Å². The summed E-state index contributed by atoms with van der Waals surface area (Å²) >= 11 is 6.48. The van der Waals surface area contributed by atoms with Crippen LogP contribution in [-0.4, -0.2) is 28.6 Å². The van der Waals surface area contributed by atoms with E-state index >= 15 is 0 Å². The van der Waals surface area contributed by atoms with Crippen LogP contribution in [-0.2, 0) is 24.1 Å². The lowest BCUT2D eigenvalue weighted by Gasteiger charge is -2.16. The molecule has 6 nitrogen and oxygen atoms in total. The first-order valence-electron chi connectivity index (χ1n) is 10.4. The lowest BCUT2D eigenvalue weighted by Crippen LogP contribution is -2.30. The predicted molar refractivity (Wildman–Crippen MR) is 121 cm³/mol. The summed E-state index contributed by atoms with van der Waals surface area (Å²) < 4.78 is 19.3. The molecule has 1 aliphatic rings. The van der Waals surface area contributed by atoms with Crippen LogP contribution < -0.4 is 10.1 Å². The number of hydrogen-bond donors (Lipinski definition) is 3. The zero-order valence-electron chi connectivity index (χ0n) is 17.5. The van der Waals surface area contributed by atoms with E-state index < -0.39 is 18.4 Å². The number of rotatable bonds is 7. The molecule has 3 aromatic rings. The van der Waals surface area contributed by atoms with Crippen molar-refractivity contribution in [3.63, 3.8) is 0 Å². The summed E-state index contributed by atoms with van der Waals surface area (Å²) in [6, 6.07) is 12.4. The summed E-state index contributed by atoms with van der Waals surface area (Å²) in [5.41, 5.74) is 3.40. The van der Waals surface area contributed by atoms with Crippen LogP contribution in [0.1, 0.15) is 39.0 Å². The quantitative estimate of drug-likeness (QED) is 0.458. The Bertz CT molecular complexity index is 1230. The van der Waals surface area contributed by atoms with Crippen molar-refractivity contribution in [2.45, 2.75) is 25.7 Å². The molecular formula is C25H21ClFNO5. The maximum absolute atomic E-state index is 13.2. The summed E-state index contributed by atoms with van der Waals surface area (Å²) in [6.07, 6.45) is 2.53. The maximum atomic E-state index is 13.2. The zero-order chi connectivity index (χ0) is 23.5. The number of carbonyl (C=O) groups excluding carboxylic acids is 1. The number of nitrogens with one attached hydrogen (secondary N) is 1. The predicted octanol–water partition coefficient (Wildman–Crippen LogP) is 4.87. The van der Waals surface area contributed by atoms with E-state index in [-0.39, 0.29) is 16.6 Å². The number of phenols is 1. The molecule has 170 valence electrons. The van der Waals surface area contributed by atoms with Gasteiger partial charge in [0.15, 0.2) is 0 Å². The van der Waals surface area contributed by atoms with Gasteiger partial charge in [0.25, 0.3) is 5.91 Å². The Hall–Kier alpha value is -3.58. The number of halogens is 2. The Balaban J connectivity index is 1.62. The molecule has 0 spiro atoms. The van der Waals surface area contributed by atoms with E-state index in [2.05, 4.69) is 5.32 Å². The molecule has 0 saturated heterocycles. The number of carboxylic acids is 1. The van der Waals surface area contributed by atoms with Crippen molar-refractivity contribution in [1.29, 1.82) is 0 Å². The van der Waals surface area contributed by atoms with E-state index in [9.17, 15) is 19.1 Å². The molecule has 3 N–H and O–H groups in total. The summed E-state index contributed by atoms with van der Waals surface area (Å²) in [7, 11) is 0. The van der Waals surface area contributed by atoms with E-state index in [0.717, 1.165) is 23.1 Å². The van der Waals surface area contributed by atoms with Crippen molar-refractivity contribution >= 4 is 23.5 Å². The Morgan fingerprint density at radius 3 is 2.52 bits per heavy atom. The van der Waals surface area contributed by atoms with Crippen LogP contribution >= 0.6 is 11.6 Å². The molecule has 0 radical (unpaired) electrons. The monoisotopic (exact) mass is 469 g/mol. The maximum Gasteiger partial charge on any atom is 0.322 e. The number of hydrogen-bond acceptors (Lipinski definition) is 4. The SMILES string of the molecule is O=C(O)CNC(=O)c1cc(Cl)c(Oc2ccc(O)c(Cc3ccc(F)cc3)c2)c2c1CCC2. The fourth-order valence-electron chi connectivity index (χ4n) is 3.99. The second-order valence-electron chi connectivity index (χ2n) is 7.82. The van der Waals surface area contributed by atoms with Gasteiger partial charge in [-0.2, -0.15) is 0 Å². The first-order chi connectivity index (χ1) is 15.8. The minimum Gasteiger partial charge on any atom is -0.508 e. The van der Waals surface area contributed by atoms with Crippen molar-refractivity contribution in [1.82, 2.24) is 5.32 Å². The molecule has 4 rings (SSSR count). The molecule has 8 heteroatoms. The van der Waals surface area contributed by atoms with E-state index in [1.165, 1.54) is 24.3 Å². The molecule has 33 heavy (non-hydrogen) atoms. The van der Waals surface area contributed by atoms with Crippen molar-refractivity contribution in [3.8, 4) is 17.2 Å². The van der Waals surface area contributed by atoms with Gasteiger partial charge < -0.3 is 20.3 Å². The van der Waals surface area contributed by atoms with Gasteiger partial charge in [-0.15, -0.1) is 0 Å². The Kier molecular flexibility index (Phi) is 6.51. The van der Waals surface area contributed by atoms with Crippen LogP contribution in [0.25, 0.3) is 0 Å². The Morgan fingerprint density at radius 1 is 1.06 bits per heavy atom. The van der Waals surface area contributed by atoms with Crippen LogP contribution in [0, 0.1) is 5.82 Å². The van der Waals surface area contributed by atoms with Gasteiger partial charge in [-0.3, -0.25) is 9.59 Å². The standard InChI is InChI=1S/C25H21ClFNO5/c26-21-12-20(25(32)28-13-23(30)31)18-2-1-3-19(18)24(21)33-17-8-9-22(29)15(11-17)10-14-4-6-16(27)7-5-14/h4-9,11-12,29H,1-3,10,13H2,(H,28,32)(H,30,31). The highest BCUT2D eigenvalue weighted by atomic mass is 35.5. The van der Waals surface area contributed by atoms with Crippen LogP contribution in [0.15, 0.2) is 48.5 Å². The molecule has 1 aliphatic carbocycles. The molecule has 0 aliphatic heterocycles. The number of fused-ring (bicyclic) bond motifs is 1. The summed E-state index contributed by atoms with van der Waals surface area (Å²) in [5, 5.41) is 21.7. The lowest BCUT2D eigenvalue weighted by molar-refractivity contribution is -0.135. The van der Waals surface area contributed by atoms with Gasteiger partial charge in [-0.1, -0.05) is 23.7 Å². The number of carboxylic acid groups (broad SMARTS) is 1. The average Bonchev–Trinajstić information content (AvgIpc) is 3.27. The molecule has 1 amide bonds. The highest BCUT2D eigenvalue weighted by Crippen LogP contribution is 2.42. The van der Waals surface area contributed by atoms with Crippen molar-refractivity contribution in [2.24, 2.45) is 0 Å². The Labute approximate surface area is 194 Å². The second-order valence-corrected chi connectivity index (χ2v) is 8.23. The van der Waals surface area contributed by atoms with E-state index in [0.29, 0.717) is 41.9 Å². The number of benzene rings is 3. The molecule has 0 bridgehead atoms. The van der Waals surface area contributed by atoms with E-state index in [4.69, 9.17) is 21.4 Å². The molecule has 0 atom stereocenters. The number of ether oxygens (including phenoxy) is 1. The number of amides is 1. The van der Waals surface area contributed by atoms with Crippen LogP contribution in [0.4, 0.5) is 4.39 Å². The molecular weight excluding hydrogens is 449 g/mol. The minimum atomic E-state index is -1.13. The van der Waals surface area contributed by atoms with Crippen LogP contribution in [0.3, 0.4) is 0 Å². The van der Waals surface area contributed by atoms with Gasteiger partial charge in [0, 0.05) is 23.1 Å². The molecule has 0 fully saturated rings. The third kappa shape index (κ3) is 5.09. The first-order valence-corrected chi connectivity index (χ1v) is 10.8. The number of aliphatic carboxylic acids is 1. The average molecular weight is 470 g/mol. The number of carbonyl (C=O) groups is 2. The van der Waals surface area contributed by atoms with Gasteiger partial charge >= 0.3 is 5.97 Å². The smallest absolute Gasteiger partial charge is 0.322 e. The zero-order valence-corrected chi connectivity index (χ0v) is 18.3. The summed E-state index contributed by atoms with van der Waals surface area (Å²) in [6.45, 7) is -0.478. The third-order valence-corrected chi connectivity index (χ3v) is 5.81. The molecule has 0 saturated carbocycles. The van der Waals surface area contributed by atoms with Crippen molar-refractivity contribution < 1.29 is 28.9 Å². The molecule has 3 aromatic carbocycles. The highest BCUT2D eigenvalue weighted by Gasteiger charge is 2.26. The first kappa shape index (κ1) is 22.6. The van der Waals surface area contributed by atoms with Crippen molar-refractivity contribution in [3.05, 3.63) is 87.2 Å². The second kappa shape index (κ2) is 9.50.